The van der Waals surface area contributed by atoms with Gasteiger partial charge in [-0.2, -0.15) is 0 Å². The van der Waals surface area contributed by atoms with E-state index in [1.165, 1.54) is 7.11 Å². The number of hydrogen-bond acceptors (Lipinski definition) is 5. The third kappa shape index (κ3) is 5.15. The summed E-state index contributed by atoms with van der Waals surface area (Å²) in [6.07, 6.45) is 0. The van der Waals surface area contributed by atoms with Crippen LogP contribution in [0, 0.1) is 0 Å². The second-order valence-corrected chi connectivity index (χ2v) is 6.42. The summed E-state index contributed by atoms with van der Waals surface area (Å²) < 4.78 is 10.1. The van der Waals surface area contributed by atoms with Gasteiger partial charge in [-0.15, -0.1) is 0 Å². The Bertz CT molecular complexity index is 756. The first-order valence-electron chi connectivity index (χ1n) is 9.01. The van der Waals surface area contributed by atoms with Gasteiger partial charge >= 0.3 is 5.97 Å². The first-order valence-corrected chi connectivity index (χ1v) is 9.01. The molecule has 3 rings (SSSR count). The van der Waals surface area contributed by atoms with E-state index in [4.69, 9.17) is 4.74 Å². The molecule has 142 valence electrons. The lowest BCUT2D eigenvalue weighted by Crippen LogP contribution is -2.43. The van der Waals surface area contributed by atoms with Crippen LogP contribution in [-0.2, 0) is 9.47 Å². The molecule has 1 aliphatic rings. The normalized spacial score (nSPS) is 15.7. The maximum atomic E-state index is 12.8. The Morgan fingerprint density at radius 3 is 2.30 bits per heavy atom. The summed E-state index contributed by atoms with van der Waals surface area (Å²) in [6, 6.07) is 16.3. The number of morpholine rings is 1. The van der Waals surface area contributed by atoms with Crippen molar-refractivity contribution in [3.8, 4) is 0 Å². The summed E-state index contributed by atoms with van der Waals surface area (Å²) in [5.74, 6) is -0.593. The molecule has 2 aromatic carbocycles. The maximum Gasteiger partial charge on any atom is 0.337 e. The van der Waals surface area contributed by atoms with E-state index in [2.05, 4.69) is 15.0 Å². The van der Waals surface area contributed by atoms with Crippen LogP contribution < -0.4 is 5.32 Å². The highest BCUT2D eigenvalue weighted by Crippen LogP contribution is 2.16. The number of carbonyl (C=O) groups excluding carboxylic acids is 2. The molecule has 0 saturated carbocycles. The van der Waals surface area contributed by atoms with Crippen molar-refractivity contribution < 1.29 is 19.1 Å². The summed E-state index contributed by atoms with van der Waals surface area (Å²) in [5, 5.41) is 3.12. The molecule has 2 aromatic rings. The highest BCUT2D eigenvalue weighted by molar-refractivity contribution is 5.96. The fraction of sp³-hybridized carbons (Fsp3) is 0.333. The highest BCUT2D eigenvalue weighted by atomic mass is 16.5. The molecule has 1 fully saturated rings. The van der Waals surface area contributed by atoms with Crippen LogP contribution in [-0.4, -0.2) is 56.7 Å². The molecule has 0 aromatic heterocycles. The second kappa shape index (κ2) is 9.30. The van der Waals surface area contributed by atoms with Gasteiger partial charge in [0.2, 0.25) is 0 Å². The average Bonchev–Trinajstić information content (AvgIpc) is 2.74. The van der Waals surface area contributed by atoms with Crippen LogP contribution in [0.2, 0.25) is 0 Å². The number of rotatable bonds is 6. The maximum absolute atomic E-state index is 12.8. The number of ether oxygens (including phenoxy) is 2. The van der Waals surface area contributed by atoms with Crippen LogP contribution in [0.5, 0.6) is 0 Å². The smallest absolute Gasteiger partial charge is 0.337 e. The first kappa shape index (κ1) is 19.1. The van der Waals surface area contributed by atoms with Crippen molar-refractivity contribution in [2.24, 2.45) is 0 Å². The van der Waals surface area contributed by atoms with Gasteiger partial charge in [0.05, 0.1) is 31.9 Å². The molecule has 0 aliphatic carbocycles. The number of amides is 1. The largest absolute Gasteiger partial charge is 0.465 e. The van der Waals surface area contributed by atoms with E-state index in [0.29, 0.717) is 24.3 Å². The van der Waals surface area contributed by atoms with Crippen molar-refractivity contribution >= 4 is 11.9 Å². The fourth-order valence-corrected chi connectivity index (χ4v) is 3.08. The van der Waals surface area contributed by atoms with Gasteiger partial charge in [-0.1, -0.05) is 30.3 Å². The third-order valence-corrected chi connectivity index (χ3v) is 4.62. The van der Waals surface area contributed by atoms with E-state index in [1.54, 1.807) is 24.3 Å². The lowest BCUT2D eigenvalue weighted by molar-refractivity contribution is 0.0332. The summed E-state index contributed by atoms with van der Waals surface area (Å²) in [4.78, 5) is 26.6. The van der Waals surface area contributed by atoms with Gasteiger partial charge in [0, 0.05) is 25.2 Å². The average molecular weight is 368 g/mol. The number of carbonyl (C=O) groups is 2. The molecule has 6 nitrogen and oxygen atoms in total. The van der Waals surface area contributed by atoms with Crippen molar-refractivity contribution in [2.45, 2.75) is 6.04 Å². The standard InChI is InChI=1S/C21H24N2O4/c1-26-21(25)18-9-7-17(8-10-18)20(24)22-19(16-5-3-2-4-6-16)15-23-11-13-27-14-12-23/h2-10,19H,11-15H2,1H3,(H,22,24). The van der Waals surface area contributed by atoms with E-state index in [0.717, 1.165) is 25.2 Å². The topological polar surface area (TPSA) is 67.9 Å². The molecule has 1 saturated heterocycles. The molecule has 1 aliphatic heterocycles. The van der Waals surface area contributed by atoms with E-state index in [9.17, 15) is 9.59 Å². The Morgan fingerprint density at radius 1 is 1.04 bits per heavy atom. The molecule has 1 N–H and O–H groups in total. The van der Waals surface area contributed by atoms with Crippen molar-refractivity contribution in [2.75, 3.05) is 40.0 Å². The number of esters is 1. The third-order valence-electron chi connectivity index (χ3n) is 4.62. The molecule has 0 radical (unpaired) electrons. The van der Waals surface area contributed by atoms with Gasteiger partial charge < -0.3 is 14.8 Å². The fourth-order valence-electron chi connectivity index (χ4n) is 3.08. The Balaban J connectivity index is 1.72. The first-order chi connectivity index (χ1) is 13.2. The number of nitrogens with zero attached hydrogens (tertiary/aromatic N) is 1. The van der Waals surface area contributed by atoms with Gasteiger partial charge in [-0.3, -0.25) is 9.69 Å². The van der Waals surface area contributed by atoms with Gasteiger partial charge in [-0.05, 0) is 29.8 Å². The minimum absolute atomic E-state index is 0.128. The summed E-state index contributed by atoms with van der Waals surface area (Å²) in [5.41, 5.74) is 1.98. The van der Waals surface area contributed by atoms with Crippen LogP contribution in [0.3, 0.4) is 0 Å². The molecular weight excluding hydrogens is 344 g/mol. The van der Waals surface area contributed by atoms with Crippen molar-refractivity contribution in [3.05, 3.63) is 71.3 Å². The zero-order chi connectivity index (χ0) is 19.1. The van der Waals surface area contributed by atoms with Crippen LogP contribution in [0.1, 0.15) is 32.3 Å². The monoisotopic (exact) mass is 368 g/mol. The predicted octanol–water partition coefficient (Wildman–Crippen LogP) is 2.28. The minimum atomic E-state index is -0.420. The Hall–Kier alpha value is -2.70. The molecule has 1 atom stereocenters. The Kier molecular flexibility index (Phi) is 6.57. The zero-order valence-electron chi connectivity index (χ0n) is 15.4. The number of methoxy groups -OCH3 is 1. The molecular formula is C21H24N2O4. The zero-order valence-corrected chi connectivity index (χ0v) is 15.4. The van der Waals surface area contributed by atoms with E-state index >= 15 is 0 Å². The molecule has 1 heterocycles. The van der Waals surface area contributed by atoms with Crippen LogP contribution in [0.15, 0.2) is 54.6 Å². The van der Waals surface area contributed by atoms with Gasteiger partial charge in [-0.25, -0.2) is 4.79 Å². The highest BCUT2D eigenvalue weighted by Gasteiger charge is 2.21. The van der Waals surface area contributed by atoms with Gasteiger partial charge in [0.25, 0.3) is 5.91 Å². The van der Waals surface area contributed by atoms with Gasteiger partial charge in [0.15, 0.2) is 0 Å². The Morgan fingerprint density at radius 2 is 1.67 bits per heavy atom. The SMILES string of the molecule is COC(=O)c1ccc(C(=O)NC(CN2CCOCC2)c2ccccc2)cc1. The molecule has 27 heavy (non-hydrogen) atoms. The van der Waals surface area contributed by atoms with Crippen molar-refractivity contribution in [3.63, 3.8) is 0 Å². The predicted molar refractivity (Wildman–Crippen MR) is 102 cm³/mol. The number of benzene rings is 2. The molecule has 1 amide bonds. The lowest BCUT2D eigenvalue weighted by Gasteiger charge is -2.31. The quantitative estimate of drug-likeness (QED) is 0.793. The minimum Gasteiger partial charge on any atom is -0.465 e. The molecule has 0 spiro atoms. The van der Waals surface area contributed by atoms with E-state index in [-0.39, 0.29) is 11.9 Å². The number of hydrogen-bond donors (Lipinski definition) is 1. The summed E-state index contributed by atoms with van der Waals surface area (Å²) in [6.45, 7) is 3.86. The van der Waals surface area contributed by atoms with E-state index < -0.39 is 5.97 Å². The van der Waals surface area contributed by atoms with Crippen LogP contribution >= 0.6 is 0 Å². The lowest BCUT2D eigenvalue weighted by atomic mass is 10.0. The summed E-state index contributed by atoms with van der Waals surface area (Å²) >= 11 is 0. The van der Waals surface area contributed by atoms with E-state index in [1.807, 2.05) is 30.3 Å². The van der Waals surface area contributed by atoms with Crippen LogP contribution in [0.25, 0.3) is 0 Å². The molecule has 6 heteroatoms. The number of nitrogens with one attached hydrogen (secondary N) is 1. The van der Waals surface area contributed by atoms with Gasteiger partial charge in [0.1, 0.15) is 0 Å². The van der Waals surface area contributed by atoms with Crippen molar-refractivity contribution in [1.82, 2.24) is 10.2 Å². The van der Waals surface area contributed by atoms with Crippen molar-refractivity contribution in [1.29, 1.82) is 0 Å². The Labute approximate surface area is 159 Å². The molecule has 1 unspecified atom stereocenters. The second-order valence-electron chi connectivity index (χ2n) is 6.42. The van der Waals surface area contributed by atoms with Crippen LogP contribution in [0.4, 0.5) is 0 Å². The summed E-state index contributed by atoms with van der Waals surface area (Å²) in [7, 11) is 1.33. The molecule has 0 bridgehead atoms.